The number of carbonyl (C=O) groups excluding carboxylic acids is 1. The smallest absolute Gasteiger partial charge is 0.462 e. The van der Waals surface area contributed by atoms with Crippen molar-refractivity contribution in [1.29, 1.82) is 0 Å². The van der Waals surface area contributed by atoms with Crippen molar-refractivity contribution in [3.05, 3.63) is 18.2 Å². The predicted octanol–water partition coefficient (Wildman–Crippen LogP) is 10.1. The van der Waals surface area contributed by atoms with E-state index < -0.39 is 13.3 Å². The Kier molecular flexibility index (Phi) is 21.2. The average molecular weight is 594 g/mol. The highest BCUT2D eigenvalue weighted by Crippen LogP contribution is 2.48. The van der Waals surface area contributed by atoms with Crippen LogP contribution in [0.2, 0.25) is 0 Å². The minimum atomic E-state index is -2.47. The van der Waals surface area contributed by atoms with Gasteiger partial charge in [0.2, 0.25) is 22.6 Å². The van der Waals surface area contributed by atoms with Gasteiger partial charge in [-0.25, -0.2) is 4.79 Å². The van der Waals surface area contributed by atoms with Gasteiger partial charge in [-0.1, -0.05) is 116 Å². The molecule has 7 heteroatoms. The number of carbonyl (C=O) groups is 1. The zero-order valence-electron chi connectivity index (χ0n) is 26.8. The van der Waals surface area contributed by atoms with Gasteiger partial charge < -0.3 is 18.9 Å². The molecule has 0 bridgehead atoms. The van der Waals surface area contributed by atoms with Crippen LogP contribution in [0, 0.1) is 0 Å². The maximum Gasteiger partial charge on any atom is 0.462 e. The van der Waals surface area contributed by atoms with Gasteiger partial charge in [-0.15, -0.1) is 0 Å². The van der Waals surface area contributed by atoms with E-state index in [9.17, 15) is 9.36 Å². The summed E-state index contributed by atoms with van der Waals surface area (Å²) in [6.07, 6.45) is 16.9. The Morgan fingerprint density at radius 2 is 1.00 bits per heavy atom. The zero-order chi connectivity index (χ0) is 30.3. The Morgan fingerprint density at radius 1 is 0.610 bits per heavy atom. The molecule has 0 aliphatic rings. The average Bonchev–Trinajstić information content (AvgIpc) is 2.97. The van der Waals surface area contributed by atoms with Crippen LogP contribution in [-0.4, -0.2) is 32.0 Å². The molecule has 41 heavy (non-hydrogen) atoms. The lowest BCUT2D eigenvalue weighted by Gasteiger charge is -2.20. The van der Waals surface area contributed by atoms with Gasteiger partial charge in [0.05, 0.1) is 26.4 Å². The van der Waals surface area contributed by atoms with Crippen LogP contribution in [0.1, 0.15) is 137 Å². The quantitative estimate of drug-likeness (QED) is 0.0574. The van der Waals surface area contributed by atoms with Crippen LogP contribution >= 0.6 is 7.80 Å². The van der Waals surface area contributed by atoms with Crippen molar-refractivity contribution in [3.63, 3.8) is 0 Å². The van der Waals surface area contributed by atoms with Crippen molar-refractivity contribution in [2.24, 2.45) is 0 Å². The van der Waals surface area contributed by atoms with Gasteiger partial charge in [-0.2, -0.15) is 0 Å². The number of hydrogen-bond donors (Lipinski definition) is 0. The fourth-order valence-corrected chi connectivity index (χ4v) is 5.51. The van der Waals surface area contributed by atoms with E-state index in [1.165, 1.54) is 0 Å². The number of ether oxygens (including phenoxy) is 4. The third kappa shape index (κ3) is 14.6. The van der Waals surface area contributed by atoms with Crippen LogP contribution < -0.4 is 24.3 Å². The summed E-state index contributed by atoms with van der Waals surface area (Å²) in [5.74, 6) is 1.71. The van der Waals surface area contributed by atoms with Gasteiger partial charge in [0, 0.05) is 11.6 Å². The van der Waals surface area contributed by atoms with Gasteiger partial charge in [0.25, 0.3) is 0 Å². The van der Waals surface area contributed by atoms with E-state index >= 15 is 0 Å². The normalized spacial score (nSPS) is 11.3. The van der Waals surface area contributed by atoms with Crippen molar-refractivity contribution < 1.29 is 28.3 Å². The maximum absolute atomic E-state index is 13.6. The first-order chi connectivity index (χ1) is 19.9. The molecule has 234 valence electrons. The zero-order valence-corrected chi connectivity index (χ0v) is 27.7. The van der Waals surface area contributed by atoms with E-state index in [0.717, 1.165) is 103 Å². The summed E-state index contributed by atoms with van der Waals surface area (Å²) in [4.78, 5) is 12.9. The lowest BCUT2D eigenvalue weighted by molar-refractivity contribution is -0.108. The van der Waals surface area contributed by atoms with Crippen LogP contribution in [-0.2, 0) is 9.36 Å². The molecule has 0 heterocycles. The molecule has 0 N–H and O–H groups in total. The van der Waals surface area contributed by atoms with Crippen LogP contribution in [0.25, 0.3) is 0 Å². The van der Waals surface area contributed by atoms with Gasteiger partial charge in [-0.3, -0.25) is 0 Å². The lowest BCUT2D eigenvalue weighted by Crippen LogP contribution is -2.16. The molecule has 0 spiro atoms. The topological polar surface area (TPSA) is 71.1 Å². The monoisotopic (exact) mass is 593 g/mol. The van der Waals surface area contributed by atoms with Crippen LogP contribution in [0.4, 0.5) is 0 Å². The van der Waals surface area contributed by atoms with E-state index in [1.54, 1.807) is 13.0 Å². The second-order valence-corrected chi connectivity index (χ2v) is 12.4. The third-order valence-corrected chi connectivity index (χ3v) is 8.41. The molecule has 0 saturated carbocycles. The fourth-order valence-electron chi connectivity index (χ4n) is 4.35. The predicted molar refractivity (Wildman–Crippen MR) is 172 cm³/mol. The van der Waals surface area contributed by atoms with Crippen molar-refractivity contribution in [1.82, 2.24) is 0 Å². The number of rotatable bonds is 27. The largest absolute Gasteiger partial charge is 0.489 e. The first kappa shape index (κ1) is 37.0. The van der Waals surface area contributed by atoms with Crippen molar-refractivity contribution in [2.75, 3.05) is 26.4 Å². The summed E-state index contributed by atoms with van der Waals surface area (Å²) in [5.41, 5.74) is -0.243. The first-order valence-corrected chi connectivity index (χ1v) is 17.6. The van der Waals surface area contributed by atoms with Crippen molar-refractivity contribution >= 4 is 18.6 Å². The van der Waals surface area contributed by atoms with E-state index in [-0.39, 0.29) is 5.57 Å². The van der Waals surface area contributed by atoms with Crippen molar-refractivity contribution in [3.8, 4) is 23.0 Å². The maximum atomic E-state index is 13.6. The van der Waals surface area contributed by atoms with Crippen LogP contribution in [0.3, 0.4) is 0 Å². The molecule has 1 aromatic carbocycles. The molecule has 1 atom stereocenters. The lowest BCUT2D eigenvalue weighted by atomic mass is 10.2. The highest BCUT2D eigenvalue weighted by atomic mass is 31.1. The molecule has 0 fully saturated rings. The second-order valence-electron chi connectivity index (χ2n) is 10.9. The van der Waals surface area contributed by atoms with Crippen molar-refractivity contribution in [2.45, 2.75) is 137 Å². The first-order valence-electron chi connectivity index (χ1n) is 16.3. The Hall–Kier alpha value is -2.07. The summed E-state index contributed by atoms with van der Waals surface area (Å²) >= 11 is 0. The molecule has 1 rings (SSSR count). The Bertz CT molecular complexity index is 898. The summed E-state index contributed by atoms with van der Waals surface area (Å²) in [5, 5.41) is 0.300. The van der Waals surface area contributed by atoms with Crippen LogP contribution in [0.15, 0.2) is 18.2 Å². The molecule has 0 amide bonds. The molecular weight excluding hydrogens is 535 g/mol. The number of unbranched alkanes of at least 4 members (excludes halogenated alkanes) is 12. The highest BCUT2D eigenvalue weighted by molar-refractivity contribution is 7.71. The number of hydrogen-bond acceptors (Lipinski definition) is 6. The summed E-state index contributed by atoms with van der Waals surface area (Å²) in [6.45, 7) is 16.0. The SMILES string of the molecule is C=C(C)C(=O)[P+](=O)c1cc(OCCCCCC)c(OCCCCCC)c(OCCCCCC)c1OCCCCCC. The molecule has 0 aliphatic carbocycles. The third-order valence-electron chi connectivity index (χ3n) is 6.89. The Morgan fingerprint density at radius 3 is 1.41 bits per heavy atom. The molecule has 0 aliphatic heterocycles. The molecule has 0 saturated heterocycles. The number of benzene rings is 1. The molecular formula is C34H58O6P+. The summed E-state index contributed by atoms with van der Waals surface area (Å²) in [7, 11) is -2.47. The Labute approximate surface area is 251 Å². The van der Waals surface area contributed by atoms with E-state index in [0.29, 0.717) is 54.7 Å². The van der Waals surface area contributed by atoms with Gasteiger partial charge in [0.1, 0.15) is 0 Å². The molecule has 1 aromatic rings. The summed E-state index contributed by atoms with van der Waals surface area (Å²) < 4.78 is 39.0. The summed E-state index contributed by atoms with van der Waals surface area (Å²) in [6, 6.07) is 1.69. The van der Waals surface area contributed by atoms with E-state index in [2.05, 4.69) is 34.3 Å². The fraction of sp³-hybridized carbons (Fsp3) is 0.735. The molecule has 0 radical (unpaired) electrons. The minimum Gasteiger partial charge on any atom is -0.489 e. The van der Waals surface area contributed by atoms with E-state index in [4.69, 9.17) is 18.9 Å². The highest BCUT2D eigenvalue weighted by Gasteiger charge is 2.40. The molecule has 0 aromatic heterocycles. The molecule has 1 unspecified atom stereocenters. The van der Waals surface area contributed by atoms with Gasteiger partial charge in [0.15, 0.2) is 5.75 Å². The Balaban J connectivity index is 3.56. The minimum absolute atomic E-state index is 0.250. The van der Waals surface area contributed by atoms with Gasteiger partial charge in [-0.05, 0) is 32.6 Å². The molecule has 6 nitrogen and oxygen atoms in total. The van der Waals surface area contributed by atoms with Gasteiger partial charge >= 0.3 is 13.3 Å². The van der Waals surface area contributed by atoms with E-state index in [1.807, 2.05) is 0 Å². The standard InChI is InChI=1S/C34H58O6P/c1-7-11-15-19-23-37-29-27-30(41(36)34(35)28(5)6)32(39-25-21-17-13-9-3)33(40-26-22-18-14-10-4)31(29)38-24-20-16-12-8-2/h27H,5,7-26H2,1-4,6H3/q+1. The second kappa shape index (κ2) is 23.5. The number of allylic oxidation sites excluding steroid dienone is 1. The van der Waals surface area contributed by atoms with Crippen LogP contribution in [0.5, 0.6) is 23.0 Å².